The average Bonchev–Trinajstić information content (AvgIpc) is 2.24. The van der Waals surface area contributed by atoms with Crippen molar-refractivity contribution in [2.24, 2.45) is 5.73 Å². The maximum Gasteiger partial charge on any atom is 0.129 e. The molecule has 1 aromatic heterocycles. The number of nitrogens with one attached hydrogen (secondary N) is 1. The standard InChI is InChI=1S/C11H20N4O/c1-9-14-10(4-5-12)8-11(15-9)13-6-3-7-16-2/h8H,3-7,12H2,1-2H3,(H,13,14,15). The fourth-order valence-electron chi connectivity index (χ4n) is 1.43. The molecule has 0 unspecified atom stereocenters. The van der Waals surface area contributed by atoms with Crippen molar-refractivity contribution in [2.45, 2.75) is 19.8 Å². The third kappa shape index (κ3) is 4.55. The van der Waals surface area contributed by atoms with E-state index in [1.165, 1.54) is 0 Å². The zero-order valence-electron chi connectivity index (χ0n) is 9.99. The van der Waals surface area contributed by atoms with Gasteiger partial charge in [-0.25, -0.2) is 9.97 Å². The van der Waals surface area contributed by atoms with Crippen molar-refractivity contribution in [1.82, 2.24) is 9.97 Å². The first-order valence-electron chi connectivity index (χ1n) is 5.53. The Morgan fingerprint density at radius 2 is 2.25 bits per heavy atom. The summed E-state index contributed by atoms with van der Waals surface area (Å²) >= 11 is 0. The van der Waals surface area contributed by atoms with Crippen LogP contribution in [0.4, 0.5) is 5.82 Å². The summed E-state index contributed by atoms with van der Waals surface area (Å²) in [6, 6.07) is 1.95. The highest BCUT2D eigenvalue weighted by atomic mass is 16.5. The minimum Gasteiger partial charge on any atom is -0.385 e. The van der Waals surface area contributed by atoms with Gasteiger partial charge in [-0.1, -0.05) is 0 Å². The van der Waals surface area contributed by atoms with Gasteiger partial charge in [0.2, 0.25) is 0 Å². The van der Waals surface area contributed by atoms with E-state index >= 15 is 0 Å². The molecule has 0 saturated carbocycles. The summed E-state index contributed by atoms with van der Waals surface area (Å²) in [4.78, 5) is 8.62. The minimum absolute atomic E-state index is 0.611. The quantitative estimate of drug-likeness (QED) is 0.668. The summed E-state index contributed by atoms with van der Waals surface area (Å²) in [6.07, 6.45) is 1.75. The van der Waals surface area contributed by atoms with Gasteiger partial charge >= 0.3 is 0 Å². The summed E-state index contributed by atoms with van der Waals surface area (Å²) in [5.74, 6) is 1.65. The fraction of sp³-hybridized carbons (Fsp3) is 0.636. The van der Waals surface area contributed by atoms with Crippen LogP contribution in [0.5, 0.6) is 0 Å². The van der Waals surface area contributed by atoms with Gasteiger partial charge in [-0.05, 0) is 19.9 Å². The number of methoxy groups -OCH3 is 1. The van der Waals surface area contributed by atoms with Gasteiger partial charge in [-0.15, -0.1) is 0 Å². The average molecular weight is 224 g/mol. The molecular weight excluding hydrogens is 204 g/mol. The number of nitrogens with zero attached hydrogens (tertiary/aromatic N) is 2. The molecule has 0 bridgehead atoms. The van der Waals surface area contributed by atoms with Crippen molar-refractivity contribution in [3.05, 3.63) is 17.6 Å². The number of aromatic nitrogens is 2. The molecule has 0 amide bonds. The molecule has 0 aliphatic carbocycles. The lowest BCUT2D eigenvalue weighted by molar-refractivity contribution is 0.198. The van der Waals surface area contributed by atoms with E-state index in [1.807, 2.05) is 13.0 Å². The van der Waals surface area contributed by atoms with E-state index < -0.39 is 0 Å². The highest BCUT2D eigenvalue weighted by Gasteiger charge is 2.00. The monoisotopic (exact) mass is 224 g/mol. The maximum absolute atomic E-state index is 5.50. The minimum atomic E-state index is 0.611. The summed E-state index contributed by atoms with van der Waals surface area (Å²) < 4.78 is 4.98. The number of hydrogen-bond acceptors (Lipinski definition) is 5. The number of rotatable bonds is 7. The maximum atomic E-state index is 5.50. The molecule has 0 spiro atoms. The van der Waals surface area contributed by atoms with Crippen LogP contribution >= 0.6 is 0 Å². The Kier molecular flexibility index (Phi) is 5.74. The normalized spacial score (nSPS) is 10.4. The Hall–Kier alpha value is -1.20. The Balaban J connectivity index is 2.51. The second-order valence-corrected chi connectivity index (χ2v) is 3.60. The van der Waals surface area contributed by atoms with Gasteiger partial charge in [0.15, 0.2) is 0 Å². The molecule has 5 nitrogen and oxygen atoms in total. The van der Waals surface area contributed by atoms with Crippen molar-refractivity contribution in [3.63, 3.8) is 0 Å². The van der Waals surface area contributed by atoms with Crippen molar-refractivity contribution in [3.8, 4) is 0 Å². The summed E-state index contributed by atoms with van der Waals surface area (Å²) in [5.41, 5.74) is 6.49. The molecule has 0 aliphatic heterocycles. The van der Waals surface area contributed by atoms with Crippen LogP contribution in [0, 0.1) is 6.92 Å². The zero-order valence-corrected chi connectivity index (χ0v) is 9.99. The largest absolute Gasteiger partial charge is 0.385 e. The molecule has 0 saturated heterocycles. The number of aryl methyl sites for hydroxylation is 1. The molecule has 1 heterocycles. The molecule has 3 N–H and O–H groups in total. The van der Waals surface area contributed by atoms with Crippen molar-refractivity contribution in [2.75, 3.05) is 32.1 Å². The molecule has 0 radical (unpaired) electrons. The lowest BCUT2D eigenvalue weighted by Crippen LogP contribution is -2.10. The number of anilines is 1. The lowest BCUT2D eigenvalue weighted by Gasteiger charge is -2.07. The van der Waals surface area contributed by atoms with Crippen molar-refractivity contribution < 1.29 is 4.74 Å². The van der Waals surface area contributed by atoms with E-state index in [4.69, 9.17) is 10.5 Å². The van der Waals surface area contributed by atoms with Crippen LogP contribution in [-0.4, -0.2) is 36.8 Å². The Morgan fingerprint density at radius 1 is 1.44 bits per heavy atom. The van der Waals surface area contributed by atoms with Crippen LogP contribution in [-0.2, 0) is 11.2 Å². The van der Waals surface area contributed by atoms with Gasteiger partial charge in [0.05, 0.1) is 0 Å². The predicted octanol–water partition coefficient (Wildman–Crippen LogP) is 0.735. The number of nitrogens with two attached hydrogens (primary N) is 1. The number of ether oxygens (including phenoxy) is 1. The van der Waals surface area contributed by atoms with E-state index in [0.29, 0.717) is 6.54 Å². The second kappa shape index (κ2) is 7.14. The van der Waals surface area contributed by atoms with Crippen LogP contribution in [0.3, 0.4) is 0 Å². The summed E-state index contributed by atoms with van der Waals surface area (Å²) in [5, 5.41) is 3.25. The van der Waals surface area contributed by atoms with E-state index in [1.54, 1.807) is 7.11 Å². The summed E-state index contributed by atoms with van der Waals surface area (Å²) in [7, 11) is 1.70. The molecule has 1 aromatic rings. The Morgan fingerprint density at radius 3 is 2.94 bits per heavy atom. The first kappa shape index (κ1) is 12.9. The molecule has 90 valence electrons. The highest BCUT2D eigenvalue weighted by molar-refractivity contribution is 5.35. The van der Waals surface area contributed by atoms with Crippen LogP contribution in [0.15, 0.2) is 6.07 Å². The van der Waals surface area contributed by atoms with Gasteiger partial charge in [-0.3, -0.25) is 0 Å². The van der Waals surface area contributed by atoms with Crippen molar-refractivity contribution >= 4 is 5.82 Å². The molecule has 0 aromatic carbocycles. The van der Waals surface area contributed by atoms with Gasteiger partial charge < -0.3 is 15.8 Å². The molecule has 0 aliphatic rings. The smallest absolute Gasteiger partial charge is 0.129 e. The van der Waals surface area contributed by atoms with E-state index in [-0.39, 0.29) is 0 Å². The molecular formula is C11H20N4O. The van der Waals surface area contributed by atoms with Gasteiger partial charge in [0, 0.05) is 38.4 Å². The topological polar surface area (TPSA) is 73.1 Å². The Bertz CT molecular complexity index is 317. The highest BCUT2D eigenvalue weighted by Crippen LogP contribution is 2.06. The molecule has 0 atom stereocenters. The summed E-state index contributed by atoms with van der Waals surface area (Å²) in [6.45, 7) is 4.11. The molecule has 16 heavy (non-hydrogen) atoms. The molecule has 0 fully saturated rings. The predicted molar refractivity (Wildman–Crippen MR) is 64.5 cm³/mol. The SMILES string of the molecule is COCCCNc1cc(CCN)nc(C)n1. The Labute approximate surface area is 96.4 Å². The van der Waals surface area contributed by atoms with E-state index in [9.17, 15) is 0 Å². The molecule has 5 heteroatoms. The first-order chi connectivity index (χ1) is 7.76. The van der Waals surface area contributed by atoms with Crippen LogP contribution in [0.25, 0.3) is 0 Å². The van der Waals surface area contributed by atoms with E-state index in [2.05, 4.69) is 15.3 Å². The van der Waals surface area contributed by atoms with Gasteiger partial charge in [0.25, 0.3) is 0 Å². The zero-order chi connectivity index (χ0) is 11.8. The van der Waals surface area contributed by atoms with Crippen LogP contribution in [0.2, 0.25) is 0 Å². The van der Waals surface area contributed by atoms with Crippen LogP contribution < -0.4 is 11.1 Å². The third-order valence-electron chi connectivity index (χ3n) is 2.12. The second-order valence-electron chi connectivity index (χ2n) is 3.60. The third-order valence-corrected chi connectivity index (χ3v) is 2.12. The molecule has 1 rings (SSSR count). The number of hydrogen-bond donors (Lipinski definition) is 2. The van der Waals surface area contributed by atoms with Crippen LogP contribution in [0.1, 0.15) is 17.9 Å². The van der Waals surface area contributed by atoms with Gasteiger partial charge in [-0.2, -0.15) is 0 Å². The fourth-order valence-corrected chi connectivity index (χ4v) is 1.43. The van der Waals surface area contributed by atoms with E-state index in [0.717, 1.165) is 43.3 Å². The van der Waals surface area contributed by atoms with Crippen molar-refractivity contribution in [1.29, 1.82) is 0 Å². The van der Waals surface area contributed by atoms with Gasteiger partial charge in [0.1, 0.15) is 11.6 Å². The lowest BCUT2D eigenvalue weighted by atomic mass is 10.3. The first-order valence-corrected chi connectivity index (χ1v) is 5.53.